The molecule has 1 fully saturated rings. The fraction of sp³-hybridized carbons (Fsp3) is 0.194. The van der Waals surface area contributed by atoms with Crippen LogP contribution in [-0.2, 0) is 4.79 Å². The molecule has 238 valence electrons. The van der Waals surface area contributed by atoms with Gasteiger partial charge in [-0.15, -0.1) is 5.10 Å². The fourth-order valence-electron chi connectivity index (χ4n) is 5.68. The van der Waals surface area contributed by atoms with Gasteiger partial charge in [-0.2, -0.15) is 5.26 Å². The summed E-state index contributed by atoms with van der Waals surface area (Å²) in [7, 11) is 0. The minimum atomic E-state index is -1.71. The first kappa shape index (κ1) is 29.2. The molecule has 0 amide bonds. The Hall–Kier alpha value is -6.22. The van der Waals surface area contributed by atoms with Gasteiger partial charge < -0.3 is 15.7 Å². The van der Waals surface area contributed by atoms with E-state index in [1.807, 2.05) is 36.4 Å². The van der Waals surface area contributed by atoms with Gasteiger partial charge in [0.25, 0.3) is 0 Å². The molecule has 2 atom stereocenters. The molecule has 1 aliphatic carbocycles. The van der Waals surface area contributed by atoms with Crippen molar-refractivity contribution in [3.8, 4) is 17.2 Å². The van der Waals surface area contributed by atoms with Crippen LogP contribution in [0.3, 0.4) is 0 Å². The highest BCUT2D eigenvalue weighted by Crippen LogP contribution is 2.40. The maximum atomic E-state index is 14.1. The summed E-state index contributed by atoms with van der Waals surface area (Å²) in [5, 5.41) is 35.8. The quantitative estimate of drug-likeness (QED) is 0.129. The van der Waals surface area contributed by atoms with Crippen molar-refractivity contribution in [1.82, 2.24) is 29.9 Å². The predicted octanol–water partition coefficient (Wildman–Crippen LogP) is 6.85. The molecule has 12 heteroatoms. The number of nitrogens with zero attached hydrogens (tertiary/aromatic N) is 7. The van der Waals surface area contributed by atoms with Gasteiger partial charge in [-0.25, -0.2) is 19.0 Å². The molecule has 11 nitrogen and oxygen atoms in total. The van der Waals surface area contributed by atoms with Gasteiger partial charge in [0.05, 0.1) is 42.4 Å². The predicted molar refractivity (Wildman–Crippen MR) is 177 cm³/mol. The standard InChI is InChI=1S/C36H30FN9O2/c37-26-8-6-23(7-9-26)35(32-20-46(45-44-32)28-10-11-28)42-27-14-29(25-17-39-21-40-18-25)36-30(15-27)34(24(16-38)19-41-36)43-31(12-13-33(47)48)22-4-2-1-3-5-22/h1-9,14-15,17-21,28,31,35,42H,10-13H2,(H,41,43)(H,47,48)/t31-,35+/m1/s1/i35D. The SMILES string of the molecule is [2H][C@](Nc1cc(-c2cncnc2)c2ncc(C#N)c(N[C@H](CCC(=O)O)c3ccccc3)c2c1)(c1ccc(F)cc1)c1cn(C2CC2)nn1. The molecular formula is C36H30FN9O2. The number of aliphatic carboxylic acids is 1. The highest BCUT2D eigenvalue weighted by Gasteiger charge is 2.27. The molecule has 3 aromatic carbocycles. The molecule has 0 radical (unpaired) electrons. The smallest absolute Gasteiger partial charge is 0.303 e. The Labute approximate surface area is 276 Å². The summed E-state index contributed by atoms with van der Waals surface area (Å²) in [6, 6.07) is 19.0. The highest BCUT2D eigenvalue weighted by molar-refractivity contribution is 6.04. The van der Waals surface area contributed by atoms with Crippen LogP contribution in [0.25, 0.3) is 22.0 Å². The normalized spacial score (nSPS) is 14.8. The monoisotopic (exact) mass is 640 g/mol. The number of carboxylic acids is 1. The fourth-order valence-corrected chi connectivity index (χ4v) is 5.68. The number of anilines is 2. The third-order valence-corrected chi connectivity index (χ3v) is 8.22. The van der Waals surface area contributed by atoms with E-state index in [9.17, 15) is 20.9 Å². The molecule has 48 heavy (non-hydrogen) atoms. The Morgan fingerprint density at radius 2 is 1.83 bits per heavy atom. The highest BCUT2D eigenvalue weighted by atomic mass is 19.1. The molecule has 3 N–H and O–H groups in total. The number of pyridine rings is 1. The summed E-state index contributed by atoms with van der Waals surface area (Å²) in [4.78, 5) is 24.7. The lowest BCUT2D eigenvalue weighted by Crippen LogP contribution is -2.15. The molecule has 1 aliphatic rings. The third kappa shape index (κ3) is 6.52. The topological polar surface area (TPSA) is 155 Å². The van der Waals surface area contributed by atoms with Gasteiger partial charge in [-0.3, -0.25) is 9.78 Å². The lowest BCUT2D eigenvalue weighted by atomic mass is 9.97. The molecule has 0 saturated heterocycles. The summed E-state index contributed by atoms with van der Waals surface area (Å²) in [6.45, 7) is 0. The second kappa shape index (κ2) is 13.3. The van der Waals surface area contributed by atoms with Crippen LogP contribution in [0.15, 0.2) is 97.8 Å². The Kier molecular flexibility index (Phi) is 8.06. The first-order chi connectivity index (χ1) is 23.8. The number of hydrogen-bond acceptors (Lipinski definition) is 9. The number of nitrogens with one attached hydrogen (secondary N) is 2. The van der Waals surface area contributed by atoms with Crippen LogP contribution in [0.4, 0.5) is 15.8 Å². The van der Waals surface area contributed by atoms with Crippen molar-refractivity contribution >= 4 is 28.2 Å². The first-order valence-electron chi connectivity index (χ1n) is 15.9. The average molecular weight is 641 g/mol. The maximum Gasteiger partial charge on any atom is 0.303 e. The van der Waals surface area contributed by atoms with E-state index in [1.54, 1.807) is 29.3 Å². The molecular weight excluding hydrogens is 609 g/mol. The number of benzene rings is 3. The van der Waals surface area contributed by atoms with E-state index < -0.39 is 23.8 Å². The van der Waals surface area contributed by atoms with E-state index >= 15 is 0 Å². The molecule has 3 heterocycles. The van der Waals surface area contributed by atoms with E-state index in [1.165, 1.54) is 36.8 Å². The maximum absolute atomic E-state index is 14.1. The van der Waals surface area contributed by atoms with Crippen molar-refractivity contribution in [2.45, 2.75) is 43.8 Å². The second-order valence-electron chi connectivity index (χ2n) is 11.6. The van der Waals surface area contributed by atoms with Crippen LogP contribution in [0, 0.1) is 17.1 Å². The number of carbonyl (C=O) groups is 1. The summed E-state index contributed by atoms with van der Waals surface area (Å²) >= 11 is 0. The van der Waals surface area contributed by atoms with E-state index in [0.717, 1.165) is 18.4 Å². The summed E-state index contributed by atoms with van der Waals surface area (Å²) in [5.41, 5.74) is 4.56. The van der Waals surface area contributed by atoms with Crippen LogP contribution >= 0.6 is 0 Å². The van der Waals surface area contributed by atoms with Gasteiger partial charge in [0.15, 0.2) is 0 Å². The Balaban J connectivity index is 1.41. The largest absolute Gasteiger partial charge is 0.481 e. The number of halogens is 1. The Morgan fingerprint density at radius 3 is 2.54 bits per heavy atom. The van der Waals surface area contributed by atoms with Gasteiger partial charge in [0.1, 0.15) is 23.9 Å². The Bertz CT molecular complexity index is 2170. The summed E-state index contributed by atoms with van der Waals surface area (Å²) < 4.78 is 25.6. The number of hydrogen-bond donors (Lipinski definition) is 3. The number of fused-ring (bicyclic) bond motifs is 1. The molecule has 0 spiro atoms. The van der Waals surface area contributed by atoms with Gasteiger partial charge in [-0.1, -0.05) is 47.7 Å². The Morgan fingerprint density at radius 1 is 1.06 bits per heavy atom. The molecule has 3 aromatic heterocycles. The molecule has 0 aliphatic heterocycles. The minimum absolute atomic E-state index is 0.0998. The zero-order valence-electron chi connectivity index (χ0n) is 26.6. The number of carboxylic acid groups (broad SMARTS) is 1. The van der Waals surface area contributed by atoms with Crippen LogP contribution < -0.4 is 10.6 Å². The zero-order chi connectivity index (χ0) is 34.0. The van der Waals surface area contributed by atoms with E-state index in [0.29, 0.717) is 44.7 Å². The van der Waals surface area contributed by atoms with E-state index in [4.69, 9.17) is 0 Å². The average Bonchev–Trinajstić information content (AvgIpc) is 3.85. The number of nitriles is 1. The van der Waals surface area contributed by atoms with Crippen LogP contribution in [0.5, 0.6) is 0 Å². The molecule has 0 unspecified atom stereocenters. The second-order valence-corrected chi connectivity index (χ2v) is 11.6. The van der Waals surface area contributed by atoms with Gasteiger partial charge >= 0.3 is 5.97 Å². The molecule has 7 rings (SSSR count). The van der Waals surface area contributed by atoms with Crippen molar-refractivity contribution in [1.29, 1.82) is 5.26 Å². The van der Waals surface area contributed by atoms with Crippen molar-refractivity contribution in [2.75, 3.05) is 10.6 Å². The molecule has 6 aromatic rings. The van der Waals surface area contributed by atoms with Gasteiger partial charge in [0.2, 0.25) is 0 Å². The third-order valence-electron chi connectivity index (χ3n) is 8.22. The molecule has 0 bridgehead atoms. The van der Waals surface area contributed by atoms with Crippen molar-refractivity contribution in [3.63, 3.8) is 0 Å². The van der Waals surface area contributed by atoms with Gasteiger partial charge in [0, 0.05) is 47.2 Å². The number of aromatic nitrogens is 6. The summed E-state index contributed by atoms with van der Waals surface area (Å²) in [6.07, 6.45) is 10.0. The van der Waals surface area contributed by atoms with Gasteiger partial charge in [-0.05, 0) is 54.7 Å². The van der Waals surface area contributed by atoms with Crippen molar-refractivity contribution in [3.05, 3.63) is 126 Å². The van der Waals surface area contributed by atoms with E-state index in [2.05, 4.69) is 42.0 Å². The van der Waals surface area contributed by atoms with Crippen LogP contribution in [0.2, 0.25) is 0 Å². The number of rotatable bonds is 12. The van der Waals surface area contributed by atoms with E-state index in [-0.39, 0.29) is 24.4 Å². The van der Waals surface area contributed by atoms with Crippen LogP contribution in [0.1, 0.15) is 67.5 Å². The first-order valence-corrected chi connectivity index (χ1v) is 15.4. The molecule has 1 saturated carbocycles. The lowest BCUT2D eigenvalue weighted by Gasteiger charge is -2.24. The summed E-state index contributed by atoms with van der Waals surface area (Å²) in [5.74, 6) is -1.38. The lowest BCUT2D eigenvalue weighted by molar-refractivity contribution is -0.137. The van der Waals surface area contributed by atoms with Crippen LogP contribution in [-0.4, -0.2) is 41.0 Å². The zero-order valence-corrected chi connectivity index (χ0v) is 25.6. The minimum Gasteiger partial charge on any atom is -0.481 e. The van der Waals surface area contributed by atoms with Crippen molar-refractivity contribution < 1.29 is 15.7 Å². The van der Waals surface area contributed by atoms with Crippen molar-refractivity contribution in [2.24, 2.45) is 0 Å².